The van der Waals surface area contributed by atoms with Gasteiger partial charge in [-0.25, -0.2) is 0 Å². The van der Waals surface area contributed by atoms with Crippen molar-refractivity contribution in [1.82, 2.24) is 5.32 Å². The molecule has 1 saturated carbocycles. The molecule has 0 bridgehead atoms. The topological polar surface area (TPSA) is 64.4 Å². The molecule has 2 rings (SSSR count). The molecule has 4 nitrogen and oxygen atoms in total. The smallest absolute Gasteiger partial charge is 0.237 e. The van der Waals surface area contributed by atoms with Gasteiger partial charge in [0.05, 0.1) is 12.1 Å². The van der Waals surface area contributed by atoms with Crippen molar-refractivity contribution in [3.63, 3.8) is 0 Å². The molecular weight excluding hydrogens is 216 g/mol. The predicted molar refractivity (Wildman–Crippen MR) is 66.6 cm³/mol. The van der Waals surface area contributed by atoms with Crippen LogP contribution in [0.15, 0.2) is 0 Å². The molecule has 98 valence electrons. The Balaban J connectivity index is 2.01. The van der Waals surface area contributed by atoms with Crippen molar-refractivity contribution < 1.29 is 9.53 Å². The number of hydrogen-bond donors (Lipinski definition) is 2. The fourth-order valence-corrected chi connectivity index (χ4v) is 3.04. The van der Waals surface area contributed by atoms with Crippen LogP contribution in [0.3, 0.4) is 0 Å². The largest absolute Gasteiger partial charge is 0.380 e. The maximum absolute atomic E-state index is 11.8. The van der Waals surface area contributed by atoms with Gasteiger partial charge in [-0.05, 0) is 25.7 Å². The number of primary amides is 1. The van der Waals surface area contributed by atoms with E-state index in [4.69, 9.17) is 10.5 Å². The Bertz CT molecular complexity index is 254. The first-order valence-electron chi connectivity index (χ1n) is 6.88. The van der Waals surface area contributed by atoms with E-state index >= 15 is 0 Å². The van der Waals surface area contributed by atoms with Crippen molar-refractivity contribution >= 4 is 5.91 Å². The second-order valence-electron chi connectivity index (χ2n) is 5.42. The average Bonchev–Trinajstić information content (AvgIpc) is 2.57. The van der Waals surface area contributed by atoms with Crippen LogP contribution >= 0.6 is 0 Å². The van der Waals surface area contributed by atoms with Gasteiger partial charge in [0, 0.05) is 12.6 Å². The number of ether oxygens (including phenoxy) is 1. The highest BCUT2D eigenvalue weighted by Gasteiger charge is 2.38. The standard InChI is InChI=1S/C13H24N2O2/c14-12(16)13(7-3-1-2-4-8-13)15-11-6-5-9-17-10-11/h11,15H,1-10H2,(H2,14,16). The molecule has 17 heavy (non-hydrogen) atoms. The van der Waals surface area contributed by atoms with Gasteiger partial charge >= 0.3 is 0 Å². The van der Waals surface area contributed by atoms with Gasteiger partial charge in [0.2, 0.25) is 5.91 Å². The van der Waals surface area contributed by atoms with Gasteiger partial charge < -0.3 is 10.5 Å². The Morgan fingerprint density at radius 3 is 2.41 bits per heavy atom. The lowest BCUT2D eigenvalue weighted by atomic mass is 9.87. The number of hydrogen-bond acceptors (Lipinski definition) is 3. The summed E-state index contributed by atoms with van der Waals surface area (Å²) >= 11 is 0. The number of nitrogens with two attached hydrogens (primary N) is 1. The fourth-order valence-electron chi connectivity index (χ4n) is 3.04. The molecule has 3 N–H and O–H groups in total. The summed E-state index contributed by atoms with van der Waals surface area (Å²) in [4.78, 5) is 11.8. The third kappa shape index (κ3) is 3.19. The summed E-state index contributed by atoms with van der Waals surface area (Å²) in [6.45, 7) is 1.57. The number of carbonyl (C=O) groups excluding carboxylic acids is 1. The zero-order chi connectivity index (χ0) is 12.1. The van der Waals surface area contributed by atoms with Crippen LogP contribution in [-0.2, 0) is 9.53 Å². The van der Waals surface area contributed by atoms with Crippen LogP contribution in [0.1, 0.15) is 51.4 Å². The van der Waals surface area contributed by atoms with Gasteiger partial charge in [-0.1, -0.05) is 25.7 Å². The minimum absolute atomic E-state index is 0.176. The molecule has 0 aromatic carbocycles. The van der Waals surface area contributed by atoms with Gasteiger partial charge in [-0.2, -0.15) is 0 Å². The summed E-state index contributed by atoms with van der Waals surface area (Å²) in [6.07, 6.45) is 8.59. The summed E-state index contributed by atoms with van der Waals surface area (Å²) in [5, 5.41) is 3.51. The molecule has 0 aromatic heterocycles. The zero-order valence-corrected chi connectivity index (χ0v) is 10.5. The van der Waals surface area contributed by atoms with Crippen LogP contribution in [0.4, 0.5) is 0 Å². The first kappa shape index (κ1) is 12.8. The maximum Gasteiger partial charge on any atom is 0.237 e. The molecule has 0 spiro atoms. The van der Waals surface area contributed by atoms with Crippen molar-refractivity contribution in [3.05, 3.63) is 0 Å². The monoisotopic (exact) mass is 240 g/mol. The molecule has 0 radical (unpaired) electrons. The summed E-state index contributed by atoms with van der Waals surface area (Å²) in [5.74, 6) is -0.176. The Morgan fingerprint density at radius 2 is 1.88 bits per heavy atom. The zero-order valence-electron chi connectivity index (χ0n) is 10.5. The van der Waals surface area contributed by atoms with Crippen molar-refractivity contribution in [2.75, 3.05) is 13.2 Å². The average molecular weight is 240 g/mol. The lowest BCUT2D eigenvalue weighted by Crippen LogP contribution is -2.59. The van der Waals surface area contributed by atoms with Crippen molar-refractivity contribution in [2.45, 2.75) is 62.9 Å². The van der Waals surface area contributed by atoms with Crippen LogP contribution in [0.2, 0.25) is 0 Å². The van der Waals surface area contributed by atoms with E-state index in [9.17, 15) is 4.79 Å². The summed E-state index contributed by atoms with van der Waals surface area (Å²) in [6, 6.07) is 0.300. The minimum Gasteiger partial charge on any atom is -0.380 e. The first-order valence-corrected chi connectivity index (χ1v) is 6.88. The molecule has 1 aliphatic carbocycles. The molecule has 1 amide bonds. The molecular formula is C13H24N2O2. The normalized spacial score (nSPS) is 29.5. The molecule has 0 aromatic rings. The van der Waals surface area contributed by atoms with E-state index in [0.717, 1.165) is 51.7 Å². The van der Waals surface area contributed by atoms with Crippen LogP contribution in [0, 0.1) is 0 Å². The lowest BCUT2D eigenvalue weighted by molar-refractivity contribution is -0.125. The summed E-state index contributed by atoms with van der Waals surface area (Å²) < 4.78 is 5.46. The van der Waals surface area contributed by atoms with E-state index in [1.807, 2.05) is 0 Å². The SMILES string of the molecule is NC(=O)C1(NC2CCCOC2)CCCCCC1. The highest BCUT2D eigenvalue weighted by atomic mass is 16.5. The maximum atomic E-state index is 11.8. The molecule has 2 fully saturated rings. The molecule has 1 aliphatic heterocycles. The second kappa shape index (κ2) is 5.83. The van der Waals surface area contributed by atoms with Gasteiger partial charge in [0.15, 0.2) is 0 Å². The quantitative estimate of drug-likeness (QED) is 0.732. The van der Waals surface area contributed by atoms with Gasteiger partial charge in [0.1, 0.15) is 0 Å². The highest BCUT2D eigenvalue weighted by molar-refractivity contribution is 5.84. The van der Waals surface area contributed by atoms with Crippen LogP contribution in [-0.4, -0.2) is 30.7 Å². The molecule has 1 saturated heterocycles. The Hall–Kier alpha value is -0.610. The van der Waals surface area contributed by atoms with E-state index in [2.05, 4.69) is 5.32 Å². The second-order valence-corrected chi connectivity index (χ2v) is 5.42. The van der Waals surface area contributed by atoms with E-state index in [1.165, 1.54) is 12.8 Å². The van der Waals surface area contributed by atoms with Crippen molar-refractivity contribution in [1.29, 1.82) is 0 Å². The minimum atomic E-state index is -0.470. The first-order chi connectivity index (χ1) is 8.23. The third-order valence-corrected chi connectivity index (χ3v) is 4.07. The summed E-state index contributed by atoms with van der Waals surface area (Å²) in [5.41, 5.74) is 5.18. The fraction of sp³-hybridized carbons (Fsp3) is 0.923. The number of amides is 1. The van der Waals surface area contributed by atoms with Gasteiger partial charge in [0.25, 0.3) is 0 Å². The van der Waals surface area contributed by atoms with E-state index in [1.54, 1.807) is 0 Å². The molecule has 1 heterocycles. The molecule has 1 unspecified atom stereocenters. The number of rotatable bonds is 3. The number of nitrogens with one attached hydrogen (secondary N) is 1. The van der Waals surface area contributed by atoms with E-state index in [0.29, 0.717) is 6.04 Å². The Kier molecular flexibility index (Phi) is 4.40. The van der Waals surface area contributed by atoms with Gasteiger partial charge in [-0.3, -0.25) is 10.1 Å². The molecule has 2 aliphatic rings. The van der Waals surface area contributed by atoms with Gasteiger partial charge in [-0.15, -0.1) is 0 Å². The van der Waals surface area contributed by atoms with E-state index < -0.39 is 5.54 Å². The molecule has 4 heteroatoms. The predicted octanol–water partition coefficient (Wildman–Crippen LogP) is 1.33. The number of carbonyl (C=O) groups is 1. The Morgan fingerprint density at radius 1 is 1.18 bits per heavy atom. The summed E-state index contributed by atoms with van der Waals surface area (Å²) in [7, 11) is 0. The van der Waals surface area contributed by atoms with Crippen LogP contribution in [0.25, 0.3) is 0 Å². The van der Waals surface area contributed by atoms with E-state index in [-0.39, 0.29) is 5.91 Å². The lowest BCUT2D eigenvalue weighted by Gasteiger charge is -2.36. The van der Waals surface area contributed by atoms with Crippen LogP contribution in [0.5, 0.6) is 0 Å². The molecule has 1 atom stereocenters. The van der Waals surface area contributed by atoms with Crippen LogP contribution < -0.4 is 11.1 Å². The highest BCUT2D eigenvalue weighted by Crippen LogP contribution is 2.28. The van der Waals surface area contributed by atoms with Crippen molar-refractivity contribution in [2.24, 2.45) is 5.73 Å². The third-order valence-electron chi connectivity index (χ3n) is 4.07. The van der Waals surface area contributed by atoms with Crippen molar-refractivity contribution in [3.8, 4) is 0 Å². The Labute approximate surface area is 103 Å².